The van der Waals surface area contributed by atoms with Crippen molar-refractivity contribution in [2.45, 2.75) is 32.0 Å². The van der Waals surface area contributed by atoms with Gasteiger partial charge >= 0.3 is 0 Å². The summed E-state index contributed by atoms with van der Waals surface area (Å²) in [6.07, 6.45) is 0. The third kappa shape index (κ3) is 3.32. The number of rotatable bonds is 3. The molecule has 0 bridgehead atoms. The Labute approximate surface area is 115 Å². The average Bonchev–Trinajstić information content (AvgIpc) is 2.36. The molecule has 3 unspecified atom stereocenters. The molecule has 0 spiro atoms. The Morgan fingerprint density at radius 1 is 1.26 bits per heavy atom. The Balaban J connectivity index is 2.00. The van der Waals surface area contributed by atoms with Gasteiger partial charge in [-0.3, -0.25) is 9.80 Å². The molecule has 1 aliphatic rings. The van der Waals surface area contributed by atoms with Gasteiger partial charge in [0.2, 0.25) is 0 Å². The van der Waals surface area contributed by atoms with E-state index in [1.807, 2.05) is 6.07 Å². The summed E-state index contributed by atoms with van der Waals surface area (Å²) in [5.41, 5.74) is 6.77. The lowest BCUT2D eigenvalue weighted by atomic mass is 10.0. The Hall–Kier alpha value is -0.970. The number of hydrogen-bond donors (Lipinski definition) is 1. The summed E-state index contributed by atoms with van der Waals surface area (Å²) in [5.74, 6) is -0.203. The van der Waals surface area contributed by atoms with E-state index in [1.165, 1.54) is 6.07 Å². The number of hydrogen-bond acceptors (Lipinski definition) is 3. The first kappa shape index (κ1) is 14.4. The summed E-state index contributed by atoms with van der Waals surface area (Å²) in [5, 5.41) is 0. The van der Waals surface area contributed by atoms with Gasteiger partial charge in [-0.1, -0.05) is 18.2 Å². The SMILES string of the molecule is CC1CN(CC(N)c2ccccc2F)CC(C)N1C. The molecule has 1 aromatic carbocycles. The average molecular weight is 265 g/mol. The highest BCUT2D eigenvalue weighted by Gasteiger charge is 2.27. The monoisotopic (exact) mass is 265 g/mol. The molecule has 106 valence electrons. The van der Waals surface area contributed by atoms with Crippen molar-refractivity contribution < 1.29 is 4.39 Å². The minimum atomic E-state index is -0.260. The van der Waals surface area contributed by atoms with Crippen LogP contribution in [0.15, 0.2) is 24.3 Å². The predicted molar refractivity (Wildman–Crippen MR) is 76.5 cm³/mol. The highest BCUT2D eigenvalue weighted by atomic mass is 19.1. The molecule has 1 saturated heterocycles. The van der Waals surface area contributed by atoms with Gasteiger partial charge < -0.3 is 5.73 Å². The van der Waals surface area contributed by atoms with E-state index in [2.05, 4.69) is 30.7 Å². The van der Waals surface area contributed by atoms with E-state index in [-0.39, 0.29) is 11.9 Å². The molecule has 19 heavy (non-hydrogen) atoms. The second kappa shape index (κ2) is 5.99. The number of benzene rings is 1. The molecule has 1 fully saturated rings. The minimum absolute atomic E-state index is 0.203. The van der Waals surface area contributed by atoms with Gasteiger partial charge in [-0.15, -0.1) is 0 Å². The van der Waals surface area contributed by atoms with Gasteiger partial charge in [0.15, 0.2) is 0 Å². The fourth-order valence-electron chi connectivity index (χ4n) is 2.82. The first-order chi connectivity index (χ1) is 8.99. The lowest BCUT2D eigenvalue weighted by Gasteiger charge is -2.43. The number of likely N-dealkylation sites (N-methyl/N-ethyl adjacent to an activating group) is 1. The molecule has 0 aliphatic carbocycles. The van der Waals surface area contributed by atoms with Crippen molar-refractivity contribution in [1.82, 2.24) is 9.80 Å². The fraction of sp³-hybridized carbons (Fsp3) is 0.600. The predicted octanol–water partition coefficient (Wildman–Crippen LogP) is 1.85. The Morgan fingerprint density at radius 2 is 1.84 bits per heavy atom. The Kier molecular flexibility index (Phi) is 4.55. The molecule has 1 aliphatic heterocycles. The van der Waals surface area contributed by atoms with Crippen molar-refractivity contribution in [2.75, 3.05) is 26.7 Å². The molecular weight excluding hydrogens is 241 g/mol. The normalized spacial score (nSPS) is 27.4. The minimum Gasteiger partial charge on any atom is -0.323 e. The van der Waals surface area contributed by atoms with Crippen LogP contribution < -0.4 is 5.73 Å². The van der Waals surface area contributed by atoms with Crippen molar-refractivity contribution in [3.05, 3.63) is 35.6 Å². The van der Waals surface area contributed by atoms with Crippen LogP contribution in [0.2, 0.25) is 0 Å². The van der Waals surface area contributed by atoms with Crippen molar-refractivity contribution in [2.24, 2.45) is 5.73 Å². The van der Waals surface area contributed by atoms with Crippen molar-refractivity contribution >= 4 is 0 Å². The molecule has 4 heteroatoms. The molecule has 0 amide bonds. The van der Waals surface area contributed by atoms with Gasteiger partial charge in [0.05, 0.1) is 0 Å². The molecule has 3 atom stereocenters. The zero-order valence-electron chi connectivity index (χ0n) is 12.0. The molecule has 0 radical (unpaired) electrons. The van der Waals surface area contributed by atoms with Crippen LogP contribution in [0.25, 0.3) is 0 Å². The highest BCUT2D eigenvalue weighted by molar-refractivity contribution is 5.21. The molecular formula is C15H24FN3. The van der Waals surface area contributed by atoms with E-state index >= 15 is 0 Å². The zero-order valence-corrected chi connectivity index (χ0v) is 12.0. The first-order valence-corrected chi connectivity index (χ1v) is 6.93. The molecule has 3 nitrogen and oxygen atoms in total. The summed E-state index contributed by atoms with van der Waals surface area (Å²) in [6, 6.07) is 7.56. The van der Waals surface area contributed by atoms with Crippen molar-refractivity contribution in [1.29, 1.82) is 0 Å². The van der Waals surface area contributed by atoms with E-state index in [4.69, 9.17) is 5.73 Å². The number of piperazine rings is 1. The summed E-state index contributed by atoms with van der Waals surface area (Å²) < 4.78 is 13.7. The third-order valence-corrected chi connectivity index (χ3v) is 4.19. The Bertz CT molecular complexity index is 412. The second-order valence-corrected chi connectivity index (χ2v) is 5.71. The van der Waals surface area contributed by atoms with Gasteiger partial charge in [-0.2, -0.15) is 0 Å². The van der Waals surface area contributed by atoms with Gasteiger partial charge in [-0.25, -0.2) is 4.39 Å². The van der Waals surface area contributed by atoms with E-state index in [0.29, 0.717) is 24.2 Å². The number of halogens is 1. The second-order valence-electron chi connectivity index (χ2n) is 5.71. The van der Waals surface area contributed by atoms with Crippen LogP contribution in [-0.2, 0) is 0 Å². The van der Waals surface area contributed by atoms with Crippen molar-refractivity contribution in [3.63, 3.8) is 0 Å². The van der Waals surface area contributed by atoms with Crippen LogP contribution in [0.5, 0.6) is 0 Å². The van der Waals surface area contributed by atoms with E-state index in [0.717, 1.165) is 13.1 Å². The van der Waals surface area contributed by atoms with Gasteiger partial charge in [0.25, 0.3) is 0 Å². The quantitative estimate of drug-likeness (QED) is 0.905. The van der Waals surface area contributed by atoms with Crippen LogP contribution in [-0.4, -0.2) is 48.6 Å². The largest absolute Gasteiger partial charge is 0.323 e. The smallest absolute Gasteiger partial charge is 0.128 e. The summed E-state index contributed by atoms with van der Waals surface area (Å²) in [4.78, 5) is 4.72. The van der Waals surface area contributed by atoms with Gasteiger partial charge in [0.1, 0.15) is 5.82 Å². The van der Waals surface area contributed by atoms with E-state index in [1.54, 1.807) is 12.1 Å². The molecule has 2 rings (SSSR count). The van der Waals surface area contributed by atoms with E-state index in [9.17, 15) is 4.39 Å². The molecule has 1 aromatic rings. The fourth-order valence-corrected chi connectivity index (χ4v) is 2.82. The first-order valence-electron chi connectivity index (χ1n) is 6.93. The standard InChI is InChI=1S/C15H24FN3/c1-11-8-19(9-12(2)18(11)3)10-15(17)13-6-4-5-7-14(13)16/h4-7,11-12,15H,8-10,17H2,1-3H3. The molecule has 1 heterocycles. The lowest BCUT2D eigenvalue weighted by Crippen LogP contribution is -2.55. The van der Waals surface area contributed by atoms with Crippen LogP contribution in [0, 0.1) is 5.82 Å². The lowest BCUT2D eigenvalue weighted by molar-refractivity contribution is 0.0565. The maximum absolute atomic E-state index is 13.7. The van der Waals surface area contributed by atoms with Gasteiger partial charge in [-0.05, 0) is 27.0 Å². The number of nitrogens with two attached hydrogens (primary N) is 1. The van der Waals surface area contributed by atoms with Crippen LogP contribution in [0.4, 0.5) is 4.39 Å². The molecule has 0 saturated carbocycles. The zero-order chi connectivity index (χ0) is 14.0. The third-order valence-electron chi connectivity index (χ3n) is 4.19. The number of nitrogens with zero attached hydrogens (tertiary/aromatic N) is 2. The summed E-state index contributed by atoms with van der Waals surface area (Å²) in [7, 11) is 2.16. The van der Waals surface area contributed by atoms with Crippen LogP contribution >= 0.6 is 0 Å². The van der Waals surface area contributed by atoms with Crippen molar-refractivity contribution in [3.8, 4) is 0 Å². The summed E-state index contributed by atoms with van der Waals surface area (Å²) in [6.45, 7) is 7.13. The van der Waals surface area contributed by atoms with Crippen LogP contribution in [0.3, 0.4) is 0 Å². The topological polar surface area (TPSA) is 32.5 Å². The maximum Gasteiger partial charge on any atom is 0.128 e. The molecule has 2 N–H and O–H groups in total. The highest BCUT2D eigenvalue weighted by Crippen LogP contribution is 2.19. The van der Waals surface area contributed by atoms with E-state index < -0.39 is 0 Å². The summed E-state index contributed by atoms with van der Waals surface area (Å²) >= 11 is 0. The van der Waals surface area contributed by atoms with Crippen LogP contribution in [0.1, 0.15) is 25.5 Å². The van der Waals surface area contributed by atoms with Gasteiger partial charge in [0, 0.05) is 43.3 Å². The Morgan fingerprint density at radius 3 is 2.42 bits per heavy atom. The molecule has 0 aromatic heterocycles. The maximum atomic E-state index is 13.7.